The number of hydrogen-bond acceptors (Lipinski definition) is 4. The van der Waals surface area contributed by atoms with Gasteiger partial charge in [0.15, 0.2) is 0 Å². The summed E-state index contributed by atoms with van der Waals surface area (Å²) in [6.07, 6.45) is 3.23. The summed E-state index contributed by atoms with van der Waals surface area (Å²) in [5, 5.41) is 3.15. The third-order valence-electron chi connectivity index (χ3n) is 5.11. The number of para-hydroxylation sites is 1. The van der Waals surface area contributed by atoms with Crippen molar-refractivity contribution in [3.63, 3.8) is 0 Å². The molecular weight excluding hydrogens is 367 g/mol. The van der Waals surface area contributed by atoms with Gasteiger partial charge in [-0.2, -0.15) is 0 Å². The Hall–Kier alpha value is -3.41. The molecule has 0 radical (unpaired) electrons. The van der Waals surface area contributed by atoms with Gasteiger partial charge in [0.05, 0.1) is 11.3 Å². The lowest BCUT2D eigenvalue weighted by atomic mass is 10.2. The SMILES string of the molecule is O=C(c1cncc(NCc2ccccc2F)c1)N1CCN(c2ccccc2)CC1. The van der Waals surface area contributed by atoms with Crippen LogP contribution < -0.4 is 10.2 Å². The second-order valence-electron chi connectivity index (χ2n) is 7.02. The summed E-state index contributed by atoms with van der Waals surface area (Å²) in [7, 11) is 0. The predicted octanol–water partition coefficient (Wildman–Crippen LogP) is 3.80. The fourth-order valence-electron chi connectivity index (χ4n) is 3.48. The maximum Gasteiger partial charge on any atom is 0.255 e. The summed E-state index contributed by atoms with van der Waals surface area (Å²) >= 11 is 0. The van der Waals surface area contributed by atoms with Crippen LogP contribution in [-0.2, 0) is 6.54 Å². The molecule has 0 aliphatic carbocycles. The van der Waals surface area contributed by atoms with Crippen molar-refractivity contribution < 1.29 is 9.18 Å². The van der Waals surface area contributed by atoms with E-state index in [2.05, 4.69) is 27.3 Å². The van der Waals surface area contributed by atoms with Crippen LogP contribution in [0.4, 0.5) is 15.8 Å². The first-order valence-corrected chi connectivity index (χ1v) is 9.72. The van der Waals surface area contributed by atoms with Gasteiger partial charge in [-0.1, -0.05) is 36.4 Å². The molecule has 1 aliphatic heterocycles. The van der Waals surface area contributed by atoms with Crippen molar-refractivity contribution in [2.24, 2.45) is 0 Å². The largest absolute Gasteiger partial charge is 0.380 e. The van der Waals surface area contributed by atoms with Crippen LogP contribution in [0, 0.1) is 5.82 Å². The number of halogens is 1. The van der Waals surface area contributed by atoms with E-state index in [1.807, 2.05) is 23.1 Å². The van der Waals surface area contributed by atoms with Gasteiger partial charge in [0.25, 0.3) is 5.91 Å². The third-order valence-corrected chi connectivity index (χ3v) is 5.11. The van der Waals surface area contributed by atoms with Crippen molar-refractivity contribution >= 4 is 17.3 Å². The lowest BCUT2D eigenvalue weighted by Crippen LogP contribution is -2.48. The van der Waals surface area contributed by atoms with Gasteiger partial charge in [-0.25, -0.2) is 4.39 Å². The minimum Gasteiger partial charge on any atom is -0.380 e. The van der Waals surface area contributed by atoms with E-state index in [9.17, 15) is 9.18 Å². The van der Waals surface area contributed by atoms with Gasteiger partial charge in [0, 0.05) is 56.4 Å². The molecule has 1 aromatic heterocycles. The zero-order valence-corrected chi connectivity index (χ0v) is 16.1. The van der Waals surface area contributed by atoms with Crippen molar-refractivity contribution in [3.05, 3.63) is 90.0 Å². The van der Waals surface area contributed by atoms with Crippen LogP contribution in [0.15, 0.2) is 73.1 Å². The minimum absolute atomic E-state index is 0.0280. The van der Waals surface area contributed by atoms with Crippen LogP contribution in [0.1, 0.15) is 15.9 Å². The molecular formula is C23H23FN4O. The number of piperazine rings is 1. The van der Waals surface area contributed by atoms with Gasteiger partial charge >= 0.3 is 0 Å². The summed E-state index contributed by atoms with van der Waals surface area (Å²) in [6, 6.07) is 18.6. The van der Waals surface area contributed by atoms with Gasteiger partial charge in [0.1, 0.15) is 5.82 Å². The van der Waals surface area contributed by atoms with E-state index in [0.29, 0.717) is 36.4 Å². The number of nitrogens with zero attached hydrogens (tertiary/aromatic N) is 3. The average Bonchev–Trinajstić information content (AvgIpc) is 2.79. The third kappa shape index (κ3) is 4.54. The predicted molar refractivity (Wildman–Crippen MR) is 113 cm³/mol. The highest BCUT2D eigenvalue weighted by molar-refractivity contribution is 5.95. The molecule has 2 aromatic carbocycles. The maximum absolute atomic E-state index is 13.8. The lowest BCUT2D eigenvalue weighted by molar-refractivity contribution is 0.0746. The molecule has 2 heterocycles. The molecule has 0 saturated carbocycles. The first-order valence-electron chi connectivity index (χ1n) is 9.72. The molecule has 4 rings (SSSR count). The number of nitrogens with one attached hydrogen (secondary N) is 1. The van der Waals surface area contributed by atoms with E-state index < -0.39 is 0 Å². The zero-order valence-electron chi connectivity index (χ0n) is 16.1. The molecule has 148 valence electrons. The van der Waals surface area contributed by atoms with E-state index in [1.165, 1.54) is 11.8 Å². The van der Waals surface area contributed by atoms with E-state index in [-0.39, 0.29) is 11.7 Å². The number of aromatic nitrogens is 1. The van der Waals surface area contributed by atoms with Crippen LogP contribution >= 0.6 is 0 Å². The molecule has 1 fully saturated rings. The molecule has 0 bridgehead atoms. The Balaban J connectivity index is 1.37. The van der Waals surface area contributed by atoms with Crippen LogP contribution in [0.25, 0.3) is 0 Å². The van der Waals surface area contributed by atoms with Gasteiger partial charge in [-0.15, -0.1) is 0 Å². The first-order chi connectivity index (χ1) is 14.2. The second kappa shape index (κ2) is 8.73. The summed E-state index contributed by atoms with van der Waals surface area (Å²) in [5.41, 5.74) is 2.99. The summed E-state index contributed by atoms with van der Waals surface area (Å²) in [5.74, 6) is -0.281. The number of benzene rings is 2. The smallest absolute Gasteiger partial charge is 0.255 e. The highest BCUT2D eigenvalue weighted by atomic mass is 19.1. The Morgan fingerprint density at radius 3 is 2.45 bits per heavy atom. The fourth-order valence-corrected chi connectivity index (χ4v) is 3.48. The number of carbonyl (C=O) groups excluding carboxylic acids is 1. The van der Waals surface area contributed by atoms with Crippen molar-refractivity contribution in [2.75, 3.05) is 36.4 Å². The number of hydrogen-bond donors (Lipinski definition) is 1. The molecule has 1 aliphatic rings. The Labute approximate surface area is 169 Å². The average molecular weight is 390 g/mol. The van der Waals surface area contributed by atoms with Crippen molar-refractivity contribution in [1.82, 2.24) is 9.88 Å². The van der Waals surface area contributed by atoms with Crippen LogP contribution in [0.5, 0.6) is 0 Å². The van der Waals surface area contributed by atoms with Gasteiger partial charge in [-0.05, 0) is 24.3 Å². The summed E-state index contributed by atoms with van der Waals surface area (Å²) in [4.78, 5) is 21.2. The number of rotatable bonds is 5. The first kappa shape index (κ1) is 18.9. The van der Waals surface area contributed by atoms with E-state index in [1.54, 1.807) is 36.7 Å². The molecule has 0 spiro atoms. The summed E-state index contributed by atoms with van der Waals surface area (Å²) < 4.78 is 13.8. The van der Waals surface area contributed by atoms with Crippen molar-refractivity contribution in [3.8, 4) is 0 Å². The Morgan fingerprint density at radius 2 is 1.69 bits per heavy atom. The molecule has 1 N–H and O–H groups in total. The van der Waals surface area contributed by atoms with Crippen LogP contribution in [0.3, 0.4) is 0 Å². The van der Waals surface area contributed by atoms with Gasteiger partial charge in [0.2, 0.25) is 0 Å². The molecule has 6 heteroatoms. The highest BCUT2D eigenvalue weighted by Crippen LogP contribution is 2.18. The van der Waals surface area contributed by atoms with Crippen molar-refractivity contribution in [1.29, 1.82) is 0 Å². The fraction of sp³-hybridized carbons (Fsp3) is 0.217. The molecule has 1 amide bonds. The number of anilines is 2. The Kier molecular flexibility index (Phi) is 5.70. The van der Waals surface area contributed by atoms with Crippen LogP contribution in [0.2, 0.25) is 0 Å². The Morgan fingerprint density at radius 1 is 0.966 bits per heavy atom. The second-order valence-corrected chi connectivity index (χ2v) is 7.02. The molecule has 5 nitrogen and oxygen atoms in total. The Bertz CT molecular complexity index is 971. The quantitative estimate of drug-likeness (QED) is 0.720. The number of pyridine rings is 1. The standard InChI is InChI=1S/C23H23FN4O/c24-22-9-5-4-6-18(22)16-26-20-14-19(15-25-17-20)23(29)28-12-10-27(11-13-28)21-7-2-1-3-8-21/h1-9,14-15,17,26H,10-13,16H2. The van der Waals surface area contributed by atoms with Gasteiger partial charge in [-0.3, -0.25) is 9.78 Å². The monoisotopic (exact) mass is 390 g/mol. The van der Waals surface area contributed by atoms with E-state index >= 15 is 0 Å². The number of carbonyl (C=O) groups is 1. The molecule has 29 heavy (non-hydrogen) atoms. The maximum atomic E-state index is 13.8. The molecule has 3 aromatic rings. The lowest BCUT2D eigenvalue weighted by Gasteiger charge is -2.36. The molecule has 0 unspecified atom stereocenters. The normalized spacial score (nSPS) is 14.0. The number of amides is 1. The highest BCUT2D eigenvalue weighted by Gasteiger charge is 2.22. The van der Waals surface area contributed by atoms with Crippen molar-refractivity contribution in [2.45, 2.75) is 6.54 Å². The van der Waals surface area contributed by atoms with Crippen LogP contribution in [-0.4, -0.2) is 42.0 Å². The molecule has 1 saturated heterocycles. The minimum atomic E-state index is -0.253. The topological polar surface area (TPSA) is 48.5 Å². The zero-order chi connectivity index (χ0) is 20.1. The van der Waals surface area contributed by atoms with Gasteiger partial charge < -0.3 is 15.1 Å². The summed E-state index contributed by atoms with van der Waals surface area (Å²) in [6.45, 7) is 3.27. The van der Waals surface area contributed by atoms with E-state index in [0.717, 1.165) is 13.1 Å². The van der Waals surface area contributed by atoms with E-state index in [4.69, 9.17) is 0 Å². The molecule has 0 atom stereocenters.